The summed E-state index contributed by atoms with van der Waals surface area (Å²) in [6, 6.07) is 5.48. The van der Waals surface area contributed by atoms with Crippen LogP contribution >= 0.6 is 15.9 Å². The lowest BCUT2D eigenvalue weighted by atomic mass is 10.0. The van der Waals surface area contributed by atoms with Gasteiger partial charge >= 0.3 is 0 Å². The van der Waals surface area contributed by atoms with Crippen LogP contribution in [0.4, 0.5) is 5.69 Å². The van der Waals surface area contributed by atoms with Gasteiger partial charge in [-0.25, -0.2) is 0 Å². The summed E-state index contributed by atoms with van der Waals surface area (Å²) in [5.41, 5.74) is 0.904. The maximum atomic E-state index is 10.9. The monoisotopic (exact) mass is 310 g/mol. The molecule has 0 spiro atoms. The average Bonchev–Trinajstić information content (AvgIpc) is 2.37. The van der Waals surface area contributed by atoms with E-state index in [0.717, 1.165) is 29.3 Å². The molecular weight excluding hydrogens is 296 g/mol. The molecule has 1 aliphatic rings. The Labute approximate surface area is 114 Å². The van der Waals surface area contributed by atoms with Gasteiger partial charge in [0.15, 0.2) is 0 Å². The predicted molar refractivity (Wildman–Crippen MR) is 74.4 cm³/mol. The van der Waals surface area contributed by atoms with Gasteiger partial charge in [0.25, 0.3) is 5.69 Å². The van der Waals surface area contributed by atoms with Crippen molar-refractivity contribution < 1.29 is 4.92 Å². The van der Waals surface area contributed by atoms with E-state index in [1.165, 1.54) is 0 Å². The van der Waals surface area contributed by atoms with Crippen LogP contribution in [-0.2, 0) is 6.54 Å². The van der Waals surface area contributed by atoms with E-state index in [1.807, 2.05) is 6.07 Å². The minimum Gasteiger partial charge on any atom is -0.309 e. The molecule has 1 aliphatic carbocycles. The summed E-state index contributed by atoms with van der Waals surface area (Å²) in [7, 11) is 0. The first kappa shape index (κ1) is 13.2. The van der Waals surface area contributed by atoms with Crippen LogP contribution < -0.4 is 5.32 Å². The minimum atomic E-state index is -0.329. The summed E-state index contributed by atoms with van der Waals surface area (Å²) < 4.78 is 0.869. The van der Waals surface area contributed by atoms with Crippen LogP contribution in [0, 0.1) is 10.1 Å². The Morgan fingerprint density at radius 2 is 2.28 bits per heavy atom. The first-order chi connectivity index (χ1) is 8.66. The second-order valence-corrected chi connectivity index (χ2v) is 5.31. The molecule has 1 aromatic carbocycles. The van der Waals surface area contributed by atoms with Gasteiger partial charge in [0.05, 0.1) is 4.92 Å². The number of nitro groups is 1. The normalized spacial score (nSPS) is 18.8. The van der Waals surface area contributed by atoms with E-state index in [2.05, 4.69) is 33.4 Å². The third-order valence-corrected chi connectivity index (χ3v) is 3.58. The van der Waals surface area contributed by atoms with Crippen molar-refractivity contribution in [1.82, 2.24) is 5.32 Å². The topological polar surface area (TPSA) is 55.2 Å². The Bertz CT molecular complexity index is 474. The fourth-order valence-corrected chi connectivity index (χ4v) is 2.52. The molecule has 1 aromatic rings. The Morgan fingerprint density at radius 1 is 1.44 bits per heavy atom. The van der Waals surface area contributed by atoms with Crippen LogP contribution in [0.3, 0.4) is 0 Å². The molecule has 0 heterocycles. The Morgan fingerprint density at radius 3 is 2.94 bits per heavy atom. The lowest BCUT2D eigenvalue weighted by molar-refractivity contribution is -0.385. The maximum absolute atomic E-state index is 10.9. The highest BCUT2D eigenvalue weighted by molar-refractivity contribution is 9.10. The van der Waals surface area contributed by atoms with Gasteiger partial charge in [-0.1, -0.05) is 28.1 Å². The molecule has 0 fully saturated rings. The SMILES string of the molecule is O=[N+]([O-])c1ccc(Br)cc1CNC1CC=CCC1. The van der Waals surface area contributed by atoms with Crippen molar-refractivity contribution in [1.29, 1.82) is 0 Å². The molecule has 0 radical (unpaired) electrons. The van der Waals surface area contributed by atoms with Gasteiger partial charge in [-0.15, -0.1) is 0 Å². The van der Waals surface area contributed by atoms with Crippen molar-refractivity contribution in [2.75, 3.05) is 0 Å². The van der Waals surface area contributed by atoms with Crippen LogP contribution in [0.1, 0.15) is 24.8 Å². The first-order valence-corrected chi connectivity index (χ1v) is 6.77. The second-order valence-electron chi connectivity index (χ2n) is 4.39. The lowest BCUT2D eigenvalue weighted by Crippen LogP contribution is -2.29. The zero-order chi connectivity index (χ0) is 13.0. The van der Waals surface area contributed by atoms with E-state index in [4.69, 9.17) is 0 Å². The maximum Gasteiger partial charge on any atom is 0.273 e. The summed E-state index contributed by atoms with van der Waals surface area (Å²) in [6.07, 6.45) is 7.52. The smallest absolute Gasteiger partial charge is 0.273 e. The third kappa shape index (κ3) is 3.40. The Balaban J connectivity index is 2.05. The molecule has 0 saturated heterocycles. The summed E-state index contributed by atoms with van der Waals surface area (Å²) >= 11 is 3.35. The molecule has 4 nitrogen and oxygen atoms in total. The summed E-state index contributed by atoms with van der Waals surface area (Å²) in [4.78, 5) is 10.6. The van der Waals surface area contributed by atoms with Gasteiger partial charge in [0, 0.05) is 28.7 Å². The van der Waals surface area contributed by atoms with Gasteiger partial charge in [-0.2, -0.15) is 0 Å². The van der Waals surface area contributed by atoms with E-state index in [0.29, 0.717) is 12.6 Å². The molecule has 0 saturated carbocycles. The van der Waals surface area contributed by atoms with Crippen LogP contribution in [0.25, 0.3) is 0 Å². The van der Waals surface area contributed by atoms with Crippen molar-refractivity contribution in [2.45, 2.75) is 31.8 Å². The molecule has 1 atom stereocenters. The quantitative estimate of drug-likeness (QED) is 0.525. The molecule has 18 heavy (non-hydrogen) atoms. The lowest BCUT2D eigenvalue weighted by Gasteiger charge is -2.19. The number of benzene rings is 1. The van der Waals surface area contributed by atoms with Gasteiger partial charge in [-0.05, 0) is 31.4 Å². The first-order valence-electron chi connectivity index (χ1n) is 5.98. The number of nitrogens with one attached hydrogen (secondary N) is 1. The number of nitrogens with zero attached hydrogens (tertiary/aromatic N) is 1. The number of hydrogen-bond acceptors (Lipinski definition) is 3. The molecule has 0 amide bonds. The van der Waals surface area contributed by atoms with Crippen LogP contribution in [0.2, 0.25) is 0 Å². The van der Waals surface area contributed by atoms with Gasteiger partial charge in [-0.3, -0.25) is 10.1 Å². The fraction of sp³-hybridized carbons (Fsp3) is 0.385. The number of nitro benzene ring substituents is 1. The van der Waals surface area contributed by atoms with Crippen molar-refractivity contribution in [3.05, 3.63) is 50.5 Å². The van der Waals surface area contributed by atoms with Crippen molar-refractivity contribution in [3.8, 4) is 0 Å². The molecule has 2 rings (SSSR count). The average molecular weight is 311 g/mol. The van der Waals surface area contributed by atoms with Crippen molar-refractivity contribution >= 4 is 21.6 Å². The van der Waals surface area contributed by atoms with E-state index in [1.54, 1.807) is 12.1 Å². The number of halogens is 1. The van der Waals surface area contributed by atoms with Crippen LogP contribution in [0.15, 0.2) is 34.8 Å². The minimum absolute atomic E-state index is 0.178. The molecule has 0 aromatic heterocycles. The number of rotatable bonds is 4. The molecule has 96 valence electrons. The predicted octanol–water partition coefficient (Wildman–Crippen LogP) is 3.56. The highest BCUT2D eigenvalue weighted by atomic mass is 79.9. The molecule has 0 aliphatic heterocycles. The summed E-state index contributed by atoms with van der Waals surface area (Å²) in [6.45, 7) is 0.536. The zero-order valence-corrected chi connectivity index (χ0v) is 11.5. The standard InChI is InChI=1S/C13H15BrN2O2/c14-11-6-7-13(16(17)18)10(8-11)9-15-12-4-2-1-3-5-12/h1-2,6-8,12,15H,3-5,9H2. The number of allylic oxidation sites excluding steroid dienone is 1. The fourth-order valence-electron chi connectivity index (χ4n) is 2.11. The molecule has 0 bridgehead atoms. The summed E-state index contributed by atoms with van der Waals surface area (Å²) in [5.74, 6) is 0. The van der Waals surface area contributed by atoms with Crippen molar-refractivity contribution in [3.63, 3.8) is 0 Å². The molecule has 1 unspecified atom stereocenters. The van der Waals surface area contributed by atoms with E-state index in [9.17, 15) is 10.1 Å². The molecular formula is C13H15BrN2O2. The summed E-state index contributed by atoms with van der Waals surface area (Å²) in [5, 5.41) is 14.3. The zero-order valence-electron chi connectivity index (χ0n) is 9.93. The van der Waals surface area contributed by atoms with Crippen LogP contribution in [0.5, 0.6) is 0 Å². The van der Waals surface area contributed by atoms with E-state index >= 15 is 0 Å². The number of hydrogen-bond donors (Lipinski definition) is 1. The highest BCUT2D eigenvalue weighted by Crippen LogP contribution is 2.23. The molecule has 1 N–H and O–H groups in total. The third-order valence-electron chi connectivity index (χ3n) is 3.09. The van der Waals surface area contributed by atoms with Gasteiger partial charge in [0.2, 0.25) is 0 Å². The van der Waals surface area contributed by atoms with E-state index < -0.39 is 0 Å². The van der Waals surface area contributed by atoms with Gasteiger partial charge in [0.1, 0.15) is 0 Å². The second kappa shape index (κ2) is 6.11. The Hall–Kier alpha value is -1.20. The highest BCUT2D eigenvalue weighted by Gasteiger charge is 2.15. The van der Waals surface area contributed by atoms with Crippen molar-refractivity contribution in [2.24, 2.45) is 0 Å². The van der Waals surface area contributed by atoms with Crippen LogP contribution in [-0.4, -0.2) is 11.0 Å². The van der Waals surface area contributed by atoms with Gasteiger partial charge < -0.3 is 5.32 Å². The van der Waals surface area contributed by atoms with E-state index in [-0.39, 0.29) is 10.6 Å². The Kier molecular flexibility index (Phi) is 4.49. The largest absolute Gasteiger partial charge is 0.309 e. The molecule has 5 heteroatoms.